The highest BCUT2D eigenvalue weighted by Crippen LogP contribution is 1.95. The van der Waals surface area contributed by atoms with Crippen LogP contribution in [0.25, 0.3) is 6.08 Å². The number of H-pyrrole nitrogens is 1. The maximum absolute atomic E-state index is 10.1. The van der Waals surface area contributed by atoms with E-state index in [1.807, 2.05) is 12.1 Å². The fraction of sp³-hybridized carbons (Fsp3) is 0. The Morgan fingerprint density at radius 1 is 1.64 bits per heavy atom. The summed E-state index contributed by atoms with van der Waals surface area (Å²) in [6.45, 7) is 0. The van der Waals surface area contributed by atoms with Crippen LogP contribution in [0.2, 0.25) is 0 Å². The fourth-order valence-corrected chi connectivity index (χ4v) is 0.678. The minimum absolute atomic E-state index is 0.843. The topological polar surface area (TPSA) is 51.4 Å². The Balaban J connectivity index is 2.72. The average Bonchev–Trinajstić information content (AvgIpc) is 2.03. The standard InChI is InChI=1S/C8H7NO2/c10-8(11)4-3-7-2-1-5-9-6-7/h1-6H,(H,10,11)/p+1. The van der Waals surface area contributed by atoms with Crippen LogP contribution in [0.3, 0.4) is 0 Å². The number of nitrogens with one attached hydrogen (secondary N) is 1. The summed E-state index contributed by atoms with van der Waals surface area (Å²) in [5.41, 5.74) is 0.843. The molecule has 0 saturated carbocycles. The molecule has 3 heteroatoms. The summed E-state index contributed by atoms with van der Waals surface area (Å²) in [7, 11) is 0. The van der Waals surface area contributed by atoms with Crippen molar-refractivity contribution in [2.45, 2.75) is 0 Å². The first-order valence-corrected chi connectivity index (χ1v) is 3.16. The lowest BCUT2D eigenvalue weighted by atomic mass is 10.3. The monoisotopic (exact) mass is 150 g/mol. The third-order valence-corrected chi connectivity index (χ3v) is 1.15. The van der Waals surface area contributed by atoms with E-state index in [0.717, 1.165) is 11.6 Å². The molecule has 0 fully saturated rings. The summed E-state index contributed by atoms with van der Waals surface area (Å²) in [6, 6.07) is 3.62. The van der Waals surface area contributed by atoms with Gasteiger partial charge in [0, 0.05) is 17.7 Å². The molecule has 1 aromatic heterocycles. The lowest BCUT2D eigenvalue weighted by Crippen LogP contribution is -1.98. The van der Waals surface area contributed by atoms with Crippen molar-refractivity contribution in [2.75, 3.05) is 0 Å². The average molecular weight is 150 g/mol. The molecule has 0 spiro atoms. The summed E-state index contributed by atoms with van der Waals surface area (Å²) >= 11 is 0. The molecule has 1 aromatic rings. The van der Waals surface area contributed by atoms with Gasteiger partial charge in [0.1, 0.15) is 0 Å². The van der Waals surface area contributed by atoms with Gasteiger partial charge in [0.2, 0.25) is 0 Å². The van der Waals surface area contributed by atoms with Crippen molar-refractivity contribution in [3.05, 3.63) is 36.2 Å². The minimum Gasteiger partial charge on any atom is -0.478 e. The lowest BCUT2D eigenvalue weighted by Gasteiger charge is -1.83. The summed E-state index contributed by atoms with van der Waals surface area (Å²) in [6.07, 6.45) is 6.11. The predicted molar refractivity (Wildman–Crippen MR) is 39.7 cm³/mol. The molecule has 0 aliphatic heterocycles. The molecule has 0 bridgehead atoms. The fourth-order valence-electron chi connectivity index (χ4n) is 0.678. The molecule has 0 aliphatic carbocycles. The van der Waals surface area contributed by atoms with Crippen molar-refractivity contribution >= 4 is 12.0 Å². The summed E-state index contributed by atoms with van der Waals surface area (Å²) < 4.78 is 0. The third kappa shape index (κ3) is 2.62. The molecule has 0 atom stereocenters. The molecule has 0 radical (unpaired) electrons. The van der Waals surface area contributed by atoms with Crippen LogP contribution < -0.4 is 4.98 Å². The Morgan fingerprint density at radius 2 is 2.45 bits per heavy atom. The van der Waals surface area contributed by atoms with Crippen molar-refractivity contribution in [1.82, 2.24) is 0 Å². The van der Waals surface area contributed by atoms with Crippen LogP contribution in [-0.4, -0.2) is 11.1 Å². The molecule has 56 valence electrons. The SMILES string of the molecule is O=C(O)C=Cc1ccc[nH+]c1. The second-order valence-corrected chi connectivity index (χ2v) is 2.01. The van der Waals surface area contributed by atoms with Crippen molar-refractivity contribution < 1.29 is 14.9 Å². The number of aromatic nitrogens is 1. The van der Waals surface area contributed by atoms with E-state index < -0.39 is 5.97 Å². The molecule has 0 unspecified atom stereocenters. The highest BCUT2D eigenvalue weighted by molar-refractivity contribution is 5.85. The van der Waals surface area contributed by atoms with Crippen LogP contribution in [-0.2, 0) is 4.79 Å². The smallest absolute Gasteiger partial charge is 0.328 e. The molecular formula is C8H8NO2+. The highest BCUT2D eigenvalue weighted by Gasteiger charge is 1.89. The van der Waals surface area contributed by atoms with Gasteiger partial charge >= 0.3 is 5.97 Å². The Morgan fingerprint density at radius 3 is 3.00 bits per heavy atom. The van der Waals surface area contributed by atoms with Crippen LogP contribution in [0.5, 0.6) is 0 Å². The van der Waals surface area contributed by atoms with Gasteiger partial charge in [0.05, 0.1) is 0 Å². The predicted octanol–water partition coefficient (Wildman–Crippen LogP) is 0.599. The quantitative estimate of drug-likeness (QED) is 0.627. The number of rotatable bonds is 2. The largest absolute Gasteiger partial charge is 0.478 e. The zero-order chi connectivity index (χ0) is 8.10. The van der Waals surface area contributed by atoms with E-state index in [0.29, 0.717) is 0 Å². The van der Waals surface area contributed by atoms with Gasteiger partial charge in [-0.3, -0.25) is 0 Å². The maximum atomic E-state index is 10.1. The number of aromatic amines is 1. The van der Waals surface area contributed by atoms with Crippen LogP contribution >= 0.6 is 0 Å². The third-order valence-electron chi connectivity index (χ3n) is 1.15. The van der Waals surface area contributed by atoms with Gasteiger partial charge in [-0.1, -0.05) is 0 Å². The molecule has 3 nitrogen and oxygen atoms in total. The molecule has 11 heavy (non-hydrogen) atoms. The molecular weight excluding hydrogens is 142 g/mol. The van der Waals surface area contributed by atoms with Gasteiger partial charge in [0.25, 0.3) is 0 Å². The number of hydrogen-bond acceptors (Lipinski definition) is 1. The van der Waals surface area contributed by atoms with E-state index >= 15 is 0 Å². The van der Waals surface area contributed by atoms with Crippen molar-refractivity contribution in [2.24, 2.45) is 0 Å². The molecule has 1 rings (SSSR count). The molecule has 2 N–H and O–H groups in total. The van der Waals surface area contributed by atoms with Crippen molar-refractivity contribution in [1.29, 1.82) is 0 Å². The van der Waals surface area contributed by atoms with Crippen LogP contribution in [0, 0.1) is 0 Å². The number of pyridine rings is 1. The zero-order valence-corrected chi connectivity index (χ0v) is 5.82. The molecule has 0 saturated heterocycles. The van der Waals surface area contributed by atoms with Gasteiger partial charge in [-0.25, -0.2) is 9.78 Å². The maximum Gasteiger partial charge on any atom is 0.328 e. The van der Waals surface area contributed by atoms with E-state index in [9.17, 15) is 4.79 Å². The van der Waals surface area contributed by atoms with Gasteiger partial charge in [-0.2, -0.15) is 0 Å². The number of carbonyl (C=O) groups is 1. The van der Waals surface area contributed by atoms with Crippen molar-refractivity contribution in [3.63, 3.8) is 0 Å². The summed E-state index contributed by atoms with van der Waals surface area (Å²) in [5.74, 6) is -0.936. The summed E-state index contributed by atoms with van der Waals surface area (Å²) in [4.78, 5) is 12.9. The number of carboxylic acids is 1. The minimum atomic E-state index is -0.936. The molecule has 1 heterocycles. The first-order chi connectivity index (χ1) is 5.29. The van der Waals surface area contributed by atoms with E-state index in [2.05, 4.69) is 4.98 Å². The van der Waals surface area contributed by atoms with E-state index in [1.54, 1.807) is 12.4 Å². The molecule has 0 aliphatic rings. The van der Waals surface area contributed by atoms with Gasteiger partial charge in [-0.15, -0.1) is 0 Å². The van der Waals surface area contributed by atoms with E-state index in [4.69, 9.17) is 5.11 Å². The second-order valence-electron chi connectivity index (χ2n) is 2.01. The van der Waals surface area contributed by atoms with Gasteiger partial charge < -0.3 is 5.11 Å². The Bertz CT molecular complexity index is 267. The summed E-state index contributed by atoms with van der Waals surface area (Å²) in [5, 5.41) is 8.28. The Hall–Kier alpha value is -1.64. The van der Waals surface area contributed by atoms with Crippen molar-refractivity contribution in [3.8, 4) is 0 Å². The first kappa shape index (κ1) is 7.47. The highest BCUT2D eigenvalue weighted by atomic mass is 16.4. The van der Waals surface area contributed by atoms with Gasteiger partial charge in [-0.05, 0) is 12.1 Å². The second kappa shape index (κ2) is 3.51. The number of aliphatic carboxylic acids is 1. The van der Waals surface area contributed by atoms with Gasteiger partial charge in [0.15, 0.2) is 12.4 Å². The number of carboxylic acid groups (broad SMARTS) is 1. The van der Waals surface area contributed by atoms with E-state index in [-0.39, 0.29) is 0 Å². The zero-order valence-electron chi connectivity index (χ0n) is 5.82. The lowest BCUT2D eigenvalue weighted by molar-refractivity contribution is -0.378. The van der Waals surface area contributed by atoms with Crippen LogP contribution in [0.1, 0.15) is 5.56 Å². The molecule has 0 aromatic carbocycles. The molecule has 0 amide bonds. The Kier molecular flexibility index (Phi) is 2.38. The Labute approximate surface area is 64.0 Å². The van der Waals surface area contributed by atoms with Crippen LogP contribution in [0.4, 0.5) is 0 Å². The van der Waals surface area contributed by atoms with Crippen LogP contribution in [0.15, 0.2) is 30.6 Å². The van der Waals surface area contributed by atoms with E-state index in [1.165, 1.54) is 6.08 Å². The number of hydrogen-bond donors (Lipinski definition) is 1. The first-order valence-electron chi connectivity index (χ1n) is 3.16. The normalized spacial score (nSPS) is 10.2.